The molecule has 0 aromatic rings. The average Bonchev–Trinajstić information content (AvgIpc) is 2.59. The summed E-state index contributed by atoms with van der Waals surface area (Å²) in [5.74, 6) is 0.651. The molecule has 0 aromatic heterocycles. The third-order valence-corrected chi connectivity index (χ3v) is 3.00. The summed E-state index contributed by atoms with van der Waals surface area (Å²) < 4.78 is 0. The lowest BCUT2D eigenvalue weighted by Gasteiger charge is -2.15. The van der Waals surface area contributed by atoms with Crippen LogP contribution in [-0.4, -0.2) is 42.4 Å². The predicted octanol–water partition coefficient (Wildman–Crippen LogP) is 0.727. The molecule has 1 heterocycles. The smallest absolute Gasteiger partial charge is 0.324 e. The molecule has 1 atom stereocenters. The molecule has 1 fully saturated rings. The van der Waals surface area contributed by atoms with E-state index in [4.69, 9.17) is 0 Å². The fourth-order valence-electron chi connectivity index (χ4n) is 2.27. The Morgan fingerprint density at radius 2 is 2.05 bits per heavy atom. The van der Waals surface area contributed by atoms with Gasteiger partial charge in [-0.2, -0.15) is 0 Å². The van der Waals surface area contributed by atoms with E-state index < -0.39 is 0 Å². The molecule has 0 aliphatic carbocycles. The first-order valence-electron chi connectivity index (χ1n) is 6.75. The Kier molecular flexibility index (Phi) is 5.79. The van der Waals surface area contributed by atoms with E-state index in [0.717, 1.165) is 11.3 Å². The number of nitrogens with one attached hydrogen (secondary N) is 2. The number of carbonyl (C=O) groups is 3. The van der Waals surface area contributed by atoms with Crippen LogP contribution >= 0.6 is 0 Å². The minimum atomic E-state index is -0.382. The number of rotatable bonds is 7. The number of hydrogen-bond donors (Lipinski definition) is 2. The van der Waals surface area contributed by atoms with E-state index in [-0.39, 0.29) is 30.9 Å². The van der Waals surface area contributed by atoms with E-state index >= 15 is 0 Å². The van der Waals surface area contributed by atoms with Gasteiger partial charge < -0.3 is 10.6 Å². The summed E-state index contributed by atoms with van der Waals surface area (Å²) in [6, 6.07) is -0.382. The zero-order valence-electron chi connectivity index (χ0n) is 11.9. The van der Waals surface area contributed by atoms with Crippen molar-refractivity contribution in [1.82, 2.24) is 15.5 Å². The van der Waals surface area contributed by atoms with Crippen molar-refractivity contribution in [2.45, 2.75) is 33.6 Å². The lowest BCUT2D eigenvalue weighted by Crippen LogP contribution is -2.39. The van der Waals surface area contributed by atoms with Crippen LogP contribution in [0.25, 0.3) is 0 Å². The second kappa shape index (κ2) is 7.11. The molecule has 1 rings (SSSR count). The number of hydrogen-bond acceptors (Lipinski definition) is 3. The summed E-state index contributed by atoms with van der Waals surface area (Å²) in [7, 11) is 0. The number of amides is 4. The number of nitrogens with zero attached hydrogens (tertiary/aromatic N) is 1. The van der Waals surface area contributed by atoms with Crippen molar-refractivity contribution < 1.29 is 14.4 Å². The van der Waals surface area contributed by atoms with Crippen molar-refractivity contribution in [3.8, 4) is 0 Å². The van der Waals surface area contributed by atoms with E-state index in [0.29, 0.717) is 24.8 Å². The van der Waals surface area contributed by atoms with E-state index in [1.165, 1.54) is 0 Å². The lowest BCUT2D eigenvalue weighted by molar-refractivity contribution is -0.126. The maximum absolute atomic E-state index is 11.7. The molecule has 0 radical (unpaired) electrons. The SMILES string of the molecule is CC(C)CC(C)CC(=O)NCCN1C(=O)CNC1=O. The topological polar surface area (TPSA) is 78.5 Å². The Morgan fingerprint density at radius 1 is 1.37 bits per heavy atom. The molecule has 6 heteroatoms. The van der Waals surface area contributed by atoms with Gasteiger partial charge in [-0.05, 0) is 18.3 Å². The van der Waals surface area contributed by atoms with Gasteiger partial charge in [-0.25, -0.2) is 4.79 Å². The van der Waals surface area contributed by atoms with E-state index in [9.17, 15) is 14.4 Å². The fraction of sp³-hybridized carbons (Fsp3) is 0.769. The van der Waals surface area contributed by atoms with Crippen LogP contribution in [0.2, 0.25) is 0 Å². The van der Waals surface area contributed by atoms with E-state index in [1.807, 2.05) is 0 Å². The van der Waals surface area contributed by atoms with Crippen LogP contribution in [0.15, 0.2) is 0 Å². The molecular weight excluding hydrogens is 246 g/mol. The Bertz CT molecular complexity index is 339. The molecule has 0 saturated carbocycles. The van der Waals surface area contributed by atoms with Gasteiger partial charge in [-0.3, -0.25) is 14.5 Å². The van der Waals surface area contributed by atoms with Crippen LogP contribution < -0.4 is 10.6 Å². The van der Waals surface area contributed by atoms with Gasteiger partial charge in [0, 0.05) is 19.5 Å². The number of imide groups is 1. The second-order valence-electron chi connectivity index (χ2n) is 5.49. The minimum absolute atomic E-state index is 0.0276. The van der Waals surface area contributed by atoms with Crippen LogP contribution in [0.3, 0.4) is 0 Å². The zero-order chi connectivity index (χ0) is 14.4. The standard InChI is InChI=1S/C13H23N3O3/c1-9(2)6-10(3)7-11(17)14-4-5-16-12(18)8-15-13(16)19/h9-10H,4-8H2,1-3H3,(H,14,17)(H,15,19). The maximum atomic E-state index is 11.7. The summed E-state index contributed by atoms with van der Waals surface area (Å²) in [6.45, 7) is 6.91. The quantitative estimate of drug-likeness (QED) is 0.669. The third-order valence-electron chi connectivity index (χ3n) is 3.00. The predicted molar refractivity (Wildman–Crippen MR) is 71.4 cm³/mol. The first-order chi connectivity index (χ1) is 8.90. The molecule has 1 saturated heterocycles. The zero-order valence-corrected chi connectivity index (χ0v) is 11.9. The first kappa shape index (κ1) is 15.5. The van der Waals surface area contributed by atoms with Crippen LogP contribution in [0.4, 0.5) is 4.79 Å². The maximum Gasteiger partial charge on any atom is 0.324 e. The largest absolute Gasteiger partial charge is 0.354 e. The van der Waals surface area contributed by atoms with Crippen LogP contribution in [0.1, 0.15) is 33.6 Å². The highest BCUT2D eigenvalue weighted by atomic mass is 16.2. The molecule has 4 amide bonds. The van der Waals surface area contributed by atoms with Gasteiger partial charge in [0.05, 0.1) is 6.54 Å². The molecule has 19 heavy (non-hydrogen) atoms. The van der Waals surface area contributed by atoms with Crippen LogP contribution in [0.5, 0.6) is 0 Å². The Balaban J connectivity index is 2.20. The van der Waals surface area contributed by atoms with Crippen molar-refractivity contribution in [1.29, 1.82) is 0 Å². The molecule has 0 bridgehead atoms. The van der Waals surface area contributed by atoms with E-state index in [2.05, 4.69) is 31.4 Å². The Morgan fingerprint density at radius 3 is 2.58 bits per heavy atom. The molecule has 1 aliphatic heterocycles. The molecule has 6 nitrogen and oxygen atoms in total. The van der Waals surface area contributed by atoms with Gasteiger partial charge in [0.15, 0.2) is 0 Å². The van der Waals surface area contributed by atoms with Crippen molar-refractivity contribution in [3.05, 3.63) is 0 Å². The second-order valence-corrected chi connectivity index (χ2v) is 5.49. The van der Waals surface area contributed by atoms with Crippen molar-refractivity contribution in [2.24, 2.45) is 11.8 Å². The fourth-order valence-corrected chi connectivity index (χ4v) is 2.27. The van der Waals surface area contributed by atoms with Gasteiger partial charge in [0.2, 0.25) is 11.8 Å². The molecular formula is C13H23N3O3. The van der Waals surface area contributed by atoms with Gasteiger partial charge in [0.25, 0.3) is 0 Å². The highest BCUT2D eigenvalue weighted by Gasteiger charge is 2.27. The lowest BCUT2D eigenvalue weighted by atomic mass is 9.96. The first-order valence-corrected chi connectivity index (χ1v) is 6.75. The average molecular weight is 269 g/mol. The van der Waals surface area contributed by atoms with Gasteiger partial charge >= 0.3 is 6.03 Å². The molecule has 0 aromatic carbocycles. The monoisotopic (exact) mass is 269 g/mol. The molecule has 1 aliphatic rings. The highest BCUT2D eigenvalue weighted by Crippen LogP contribution is 2.14. The van der Waals surface area contributed by atoms with Crippen molar-refractivity contribution in [2.75, 3.05) is 19.6 Å². The summed E-state index contributed by atoms with van der Waals surface area (Å²) in [6.07, 6.45) is 1.50. The summed E-state index contributed by atoms with van der Waals surface area (Å²) in [4.78, 5) is 35.3. The highest BCUT2D eigenvalue weighted by molar-refractivity contribution is 6.01. The normalized spacial score (nSPS) is 16.7. The van der Waals surface area contributed by atoms with E-state index in [1.54, 1.807) is 0 Å². The number of urea groups is 1. The Labute approximate surface area is 113 Å². The van der Waals surface area contributed by atoms with Crippen LogP contribution in [0, 0.1) is 11.8 Å². The van der Waals surface area contributed by atoms with Crippen molar-refractivity contribution in [3.63, 3.8) is 0 Å². The van der Waals surface area contributed by atoms with Gasteiger partial charge in [-0.1, -0.05) is 20.8 Å². The van der Waals surface area contributed by atoms with Crippen LogP contribution in [-0.2, 0) is 9.59 Å². The summed E-state index contributed by atoms with van der Waals surface area (Å²) in [5.41, 5.74) is 0. The summed E-state index contributed by atoms with van der Waals surface area (Å²) in [5, 5.41) is 5.18. The molecule has 1 unspecified atom stereocenters. The summed E-state index contributed by atoms with van der Waals surface area (Å²) >= 11 is 0. The molecule has 2 N–H and O–H groups in total. The molecule has 0 spiro atoms. The van der Waals surface area contributed by atoms with Gasteiger partial charge in [0.1, 0.15) is 0 Å². The van der Waals surface area contributed by atoms with Crippen molar-refractivity contribution >= 4 is 17.8 Å². The van der Waals surface area contributed by atoms with Gasteiger partial charge in [-0.15, -0.1) is 0 Å². The minimum Gasteiger partial charge on any atom is -0.354 e. The Hall–Kier alpha value is -1.59. The number of carbonyl (C=O) groups excluding carboxylic acids is 3. The third kappa shape index (κ3) is 5.28. The molecule has 108 valence electrons.